The van der Waals surface area contributed by atoms with Gasteiger partial charge in [-0.05, 0) is 49.4 Å². The van der Waals surface area contributed by atoms with E-state index in [1.54, 1.807) is 34.8 Å². The Morgan fingerprint density at radius 1 is 1.06 bits per heavy atom. The molecule has 0 saturated heterocycles. The molecule has 5 rings (SSSR count). The predicted molar refractivity (Wildman–Crippen MR) is 121 cm³/mol. The van der Waals surface area contributed by atoms with E-state index in [4.69, 9.17) is 27.6 Å². The second kappa shape index (κ2) is 7.81. The van der Waals surface area contributed by atoms with Gasteiger partial charge in [0, 0.05) is 11.1 Å². The van der Waals surface area contributed by atoms with Gasteiger partial charge in [0.05, 0.1) is 15.7 Å². The zero-order valence-electron chi connectivity index (χ0n) is 16.0. The zero-order chi connectivity index (χ0) is 21.5. The monoisotopic (exact) mass is 469 g/mol. The van der Waals surface area contributed by atoms with E-state index < -0.39 is 0 Å². The van der Waals surface area contributed by atoms with Gasteiger partial charge in [-0.2, -0.15) is 9.61 Å². The van der Waals surface area contributed by atoms with Crippen molar-refractivity contribution in [2.45, 2.75) is 6.92 Å². The highest BCUT2D eigenvalue weighted by Gasteiger charge is 2.18. The second-order valence-electron chi connectivity index (χ2n) is 6.64. The summed E-state index contributed by atoms with van der Waals surface area (Å²) in [5, 5.41) is 17.1. The smallest absolute Gasteiger partial charge is 0.291 e. The van der Waals surface area contributed by atoms with E-state index in [0.29, 0.717) is 32.3 Å². The number of nitrogens with one attached hydrogen (secondary N) is 1. The summed E-state index contributed by atoms with van der Waals surface area (Å²) in [5.41, 5.74) is 2.12. The van der Waals surface area contributed by atoms with Crippen LogP contribution in [0.25, 0.3) is 26.9 Å². The number of aryl methyl sites for hydroxylation is 1. The predicted octanol–water partition coefficient (Wildman–Crippen LogP) is 5.98. The van der Waals surface area contributed by atoms with Crippen LogP contribution in [-0.4, -0.2) is 25.7 Å². The van der Waals surface area contributed by atoms with Crippen LogP contribution < -0.4 is 5.32 Å². The lowest BCUT2D eigenvalue weighted by Gasteiger charge is -2.08. The molecule has 0 aliphatic rings. The van der Waals surface area contributed by atoms with Crippen molar-refractivity contribution in [2.24, 2.45) is 0 Å². The minimum atomic E-state index is -0.377. The molecule has 10 heteroatoms. The van der Waals surface area contributed by atoms with Crippen molar-refractivity contribution in [2.75, 3.05) is 5.32 Å². The molecule has 0 fully saturated rings. The molecule has 31 heavy (non-hydrogen) atoms. The summed E-state index contributed by atoms with van der Waals surface area (Å²) in [7, 11) is 0. The molecule has 3 heterocycles. The molecule has 0 atom stereocenters. The number of benzene rings is 2. The molecule has 0 radical (unpaired) electrons. The lowest BCUT2D eigenvalue weighted by Crippen LogP contribution is -2.11. The average Bonchev–Trinajstić information content (AvgIpc) is 3.48. The van der Waals surface area contributed by atoms with Crippen LogP contribution in [0.5, 0.6) is 0 Å². The fraction of sp³-hybridized carbons (Fsp3) is 0.0476. The first-order valence-corrected chi connectivity index (χ1v) is 10.7. The van der Waals surface area contributed by atoms with Crippen LogP contribution in [0, 0.1) is 6.92 Å². The largest absolute Gasteiger partial charge is 0.451 e. The number of hydrogen-bond acceptors (Lipinski definition) is 6. The molecule has 0 unspecified atom stereocenters. The number of aromatic nitrogens is 4. The number of anilines is 1. The molecule has 7 nitrogen and oxygen atoms in total. The first kappa shape index (κ1) is 19.7. The van der Waals surface area contributed by atoms with Gasteiger partial charge in [-0.15, -0.1) is 10.2 Å². The molecule has 0 aliphatic carbocycles. The number of nitrogens with zero attached hydrogens (tertiary/aromatic N) is 4. The summed E-state index contributed by atoms with van der Waals surface area (Å²) >= 11 is 13.4. The van der Waals surface area contributed by atoms with Crippen LogP contribution in [0.1, 0.15) is 16.4 Å². The Balaban J connectivity index is 1.42. The second-order valence-corrected chi connectivity index (χ2v) is 8.41. The maximum Gasteiger partial charge on any atom is 0.291 e. The van der Waals surface area contributed by atoms with E-state index >= 15 is 0 Å². The topological polar surface area (TPSA) is 85.3 Å². The van der Waals surface area contributed by atoms with Crippen LogP contribution in [0.4, 0.5) is 5.69 Å². The third-order valence-electron chi connectivity index (χ3n) is 4.59. The van der Waals surface area contributed by atoms with E-state index in [2.05, 4.69) is 20.6 Å². The summed E-state index contributed by atoms with van der Waals surface area (Å²) in [6, 6.07) is 15.9. The standard InChI is InChI=1S/C21H13Cl2N5O2S/c1-11-25-26-21-28(11)27-20(31-21)13-4-2-3-5-16(13)24-19(29)18-9-8-17(30-18)12-6-7-14(22)15(23)10-12/h2-10H,1H3,(H,24,29). The number of rotatable bonds is 4. The minimum Gasteiger partial charge on any atom is -0.451 e. The Morgan fingerprint density at radius 2 is 1.90 bits per heavy atom. The highest BCUT2D eigenvalue weighted by molar-refractivity contribution is 7.19. The quantitative estimate of drug-likeness (QED) is 0.349. The number of amides is 1. The van der Waals surface area contributed by atoms with Crippen molar-refractivity contribution in [1.29, 1.82) is 0 Å². The van der Waals surface area contributed by atoms with Crippen molar-refractivity contribution in [1.82, 2.24) is 19.8 Å². The van der Waals surface area contributed by atoms with Crippen molar-refractivity contribution in [3.8, 4) is 21.9 Å². The molecule has 3 aromatic heterocycles. The summed E-state index contributed by atoms with van der Waals surface area (Å²) in [6.07, 6.45) is 0. The molecule has 1 amide bonds. The normalized spacial score (nSPS) is 11.2. The van der Waals surface area contributed by atoms with Gasteiger partial charge < -0.3 is 9.73 Å². The molecule has 0 saturated carbocycles. The van der Waals surface area contributed by atoms with Gasteiger partial charge in [-0.3, -0.25) is 4.79 Å². The Hall–Kier alpha value is -3.20. The number of furan rings is 1. The van der Waals surface area contributed by atoms with Crippen LogP contribution in [0.15, 0.2) is 59.0 Å². The Bertz CT molecular complexity index is 1440. The lowest BCUT2D eigenvalue weighted by atomic mass is 10.2. The molecule has 0 spiro atoms. The van der Waals surface area contributed by atoms with E-state index in [1.165, 1.54) is 11.3 Å². The van der Waals surface area contributed by atoms with Gasteiger partial charge in [-0.1, -0.05) is 46.7 Å². The van der Waals surface area contributed by atoms with Gasteiger partial charge in [0.25, 0.3) is 5.91 Å². The summed E-state index contributed by atoms with van der Waals surface area (Å²) in [6.45, 7) is 1.83. The van der Waals surface area contributed by atoms with Crippen molar-refractivity contribution < 1.29 is 9.21 Å². The minimum absolute atomic E-state index is 0.171. The maximum absolute atomic E-state index is 12.8. The number of carbonyl (C=O) groups excluding carboxylic acids is 1. The maximum atomic E-state index is 12.8. The first-order valence-electron chi connectivity index (χ1n) is 9.14. The van der Waals surface area contributed by atoms with E-state index in [9.17, 15) is 4.79 Å². The van der Waals surface area contributed by atoms with Crippen LogP contribution in [0.3, 0.4) is 0 Å². The molecule has 1 N–H and O–H groups in total. The number of para-hydroxylation sites is 1. The summed E-state index contributed by atoms with van der Waals surface area (Å²) in [4.78, 5) is 13.5. The van der Waals surface area contributed by atoms with Crippen molar-refractivity contribution in [3.05, 3.63) is 76.2 Å². The van der Waals surface area contributed by atoms with Gasteiger partial charge in [0.2, 0.25) is 4.96 Å². The Labute approximate surface area is 190 Å². The summed E-state index contributed by atoms with van der Waals surface area (Å²) in [5.74, 6) is 1.01. The molecular formula is C21H13Cl2N5O2S. The highest BCUT2D eigenvalue weighted by Crippen LogP contribution is 2.33. The third-order valence-corrected chi connectivity index (χ3v) is 6.26. The molecule has 0 aliphatic heterocycles. The Kier molecular flexibility index (Phi) is 4.97. The number of carbonyl (C=O) groups is 1. The van der Waals surface area contributed by atoms with Crippen LogP contribution in [-0.2, 0) is 0 Å². The van der Waals surface area contributed by atoms with Crippen LogP contribution >= 0.6 is 34.5 Å². The number of halogens is 2. The van der Waals surface area contributed by atoms with E-state index in [1.807, 2.05) is 31.2 Å². The van der Waals surface area contributed by atoms with Gasteiger partial charge in [0.15, 0.2) is 11.6 Å². The SMILES string of the molecule is Cc1nnc2sc(-c3ccccc3NC(=O)c3ccc(-c4ccc(Cl)c(Cl)c4)o3)nn12. The van der Waals surface area contributed by atoms with Gasteiger partial charge >= 0.3 is 0 Å². The fourth-order valence-corrected chi connectivity index (χ4v) is 4.27. The fourth-order valence-electron chi connectivity index (χ4n) is 3.05. The van der Waals surface area contributed by atoms with E-state index in [-0.39, 0.29) is 11.7 Å². The molecule has 5 aromatic rings. The van der Waals surface area contributed by atoms with Crippen molar-refractivity contribution >= 4 is 51.1 Å². The number of fused-ring (bicyclic) bond motifs is 1. The average molecular weight is 470 g/mol. The van der Waals surface area contributed by atoms with Gasteiger partial charge in [0.1, 0.15) is 10.8 Å². The zero-order valence-corrected chi connectivity index (χ0v) is 18.3. The van der Waals surface area contributed by atoms with Crippen LogP contribution in [0.2, 0.25) is 10.0 Å². The van der Waals surface area contributed by atoms with Crippen molar-refractivity contribution in [3.63, 3.8) is 0 Å². The Morgan fingerprint density at radius 3 is 2.71 bits per heavy atom. The molecule has 2 aromatic carbocycles. The first-order chi connectivity index (χ1) is 15.0. The van der Waals surface area contributed by atoms with E-state index in [0.717, 1.165) is 16.1 Å². The highest BCUT2D eigenvalue weighted by atomic mass is 35.5. The molecule has 154 valence electrons. The van der Waals surface area contributed by atoms with Gasteiger partial charge in [-0.25, -0.2) is 0 Å². The summed E-state index contributed by atoms with van der Waals surface area (Å²) < 4.78 is 7.42. The molecule has 0 bridgehead atoms. The third kappa shape index (κ3) is 3.69. The molecular weight excluding hydrogens is 457 g/mol. The number of hydrogen-bond donors (Lipinski definition) is 1. The lowest BCUT2D eigenvalue weighted by molar-refractivity contribution is 0.0997.